The Labute approximate surface area is 82.7 Å². The molecule has 1 rings (SSSR count). The third-order valence-corrected chi connectivity index (χ3v) is 1.92. The van der Waals surface area contributed by atoms with Crippen molar-refractivity contribution < 1.29 is 9.84 Å². The first-order valence-corrected chi connectivity index (χ1v) is 4.54. The molecule has 0 bridgehead atoms. The van der Waals surface area contributed by atoms with E-state index in [2.05, 4.69) is 10.2 Å². The third-order valence-electron chi connectivity index (χ3n) is 1.92. The number of hydrogen-bond donors (Lipinski definition) is 2. The van der Waals surface area contributed by atoms with Crippen molar-refractivity contribution in [2.24, 2.45) is 5.73 Å². The number of methoxy groups -OCH3 is 1. The summed E-state index contributed by atoms with van der Waals surface area (Å²) in [6, 6.07) is 0. The molecular formula is C8H16N4O2. The molecule has 3 N–H and O–H groups in total. The van der Waals surface area contributed by atoms with Gasteiger partial charge in [0.05, 0.1) is 6.61 Å². The van der Waals surface area contributed by atoms with Crippen molar-refractivity contribution in [1.82, 2.24) is 14.8 Å². The number of aromatic nitrogens is 3. The molecule has 0 aliphatic heterocycles. The van der Waals surface area contributed by atoms with Gasteiger partial charge in [0.25, 0.3) is 0 Å². The summed E-state index contributed by atoms with van der Waals surface area (Å²) in [6.45, 7) is 1.64. The normalized spacial score (nSPS) is 13.1. The smallest absolute Gasteiger partial charge is 0.161 e. The van der Waals surface area contributed by atoms with Gasteiger partial charge in [0.2, 0.25) is 0 Å². The van der Waals surface area contributed by atoms with Gasteiger partial charge in [-0.25, -0.2) is 0 Å². The molecule has 80 valence electrons. The lowest BCUT2D eigenvalue weighted by Gasteiger charge is -2.10. The predicted molar refractivity (Wildman–Crippen MR) is 50.5 cm³/mol. The summed E-state index contributed by atoms with van der Waals surface area (Å²) in [5, 5.41) is 17.2. The van der Waals surface area contributed by atoms with Crippen LogP contribution in [-0.4, -0.2) is 40.1 Å². The molecule has 0 radical (unpaired) electrons. The fourth-order valence-electron chi connectivity index (χ4n) is 1.17. The molecule has 1 aromatic heterocycles. The van der Waals surface area contributed by atoms with Crippen LogP contribution in [-0.2, 0) is 11.3 Å². The molecule has 0 spiro atoms. The molecule has 1 aromatic rings. The molecule has 0 fully saturated rings. The second-order valence-corrected chi connectivity index (χ2v) is 2.97. The van der Waals surface area contributed by atoms with Crippen molar-refractivity contribution in [1.29, 1.82) is 0 Å². The van der Waals surface area contributed by atoms with E-state index in [0.29, 0.717) is 31.9 Å². The third kappa shape index (κ3) is 2.76. The van der Waals surface area contributed by atoms with Crippen LogP contribution in [0.4, 0.5) is 0 Å². The van der Waals surface area contributed by atoms with Crippen LogP contribution in [0.3, 0.4) is 0 Å². The Hall–Kier alpha value is -0.980. The Morgan fingerprint density at radius 1 is 1.71 bits per heavy atom. The standard InChI is InChI=1S/C8H16N4O2/c1-14-5-4-12-6-10-11-8(12)7(13)2-3-9/h6-7,13H,2-5,9H2,1H3/t7-/m0/s1. The Morgan fingerprint density at radius 2 is 2.50 bits per heavy atom. The highest BCUT2D eigenvalue weighted by atomic mass is 16.5. The van der Waals surface area contributed by atoms with Gasteiger partial charge in [-0.1, -0.05) is 0 Å². The van der Waals surface area contributed by atoms with Gasteiger partial charge in [0.1, 0.15) is 12.4 Å². The van der Waals surface area contributed by atoms with Crippen LogP contribution in [0.1, 0.15) is 18.3 Å². The van der Waals surface area contributed by atoms with Crippen LogP contribution >= 0.6 is 0 Å². The summed E-state index contributed by atoms with van der Waals surface area (Å²) in [5.74, 6) is 0.549. The van der Waals surface area contributed by atoms with Crippen molar-refractivity contribution >= 4 is 0 Å². The molecule has 1 heterocycles. The minimum absolute atomic E-state index is 0.429. The maximum Gasteiger partial charge on any atom is 0.161 e. The monoisotopic (exact) mass is 200 g/mol. The van der Waals surface area contributed by atoms with Crippen molar-refractivity contribution in [3.8, 4) is 0 Å². The highest BCUT2D eigenvalue weighted by molar-refractivity contribution is 4.91. The van der Waals surface area contributed by atoms with E-state index in [4.69, 9.17) is 10.5 Å². The zero-order valence-corrected chi connectivity index (χ0v) is 8.26. The van der Waals surface area contributed by atoms with E-state index in [1.54, 1.807) is 18.0 Å². The first-order chi connectivity index (χ1) is 6.79. The van der Waals surface area contributed by atoms with Gasteiger partial charge in [0.15, 0.2) is 5.82 Å². The molecule has 1 atom stereocenters. The molecule has 0 amide bonds. The number of hydrogen-bond acceptors (Lipinski definition) is 5. The van der Waals surface area contributed by atoms with Crippen molar-refractivity contribution in [2.75, 3.05) is 20.3 Å². The van der Waals surface area contributed by atoms with Crippen LogP contribution in [0.2, 0.25) is 0 Å². The topological polar surface area (TPSA) is 86.2 Å². The van der Waals surface area contributed by atoms with Gasteiger partial charge in [0, 0.05) is 13.7 Å². The lowest BCUT2D eigenvalue weighted by molar-refractivity contribution is 0.147. The maximum atomic E-state index is 9.65. The molecule has 0 saturated carbocycles. The summed E-state index contributed by atoms with van der Waals surface area (Å²) < 4.78 is 6.69. The highest BCUT2D eigenvalue weighted by Crippen LogP contribution is 2.12. The number of aliphatic hydroxyl groups excluding tert-OH is 1. The largest absolute Gasteiger partial charge is 0.385 e. The molecule has 0 unspecified atom stereocenters. The number of aliphatic hydroxyl groups is 1. The Balaban J connectivity index is 2.61. The molecule has 0 aliphatic rings. The van der Waals surface area contributed by atoms with E-state index in [0.717, 1.165) is 0 Å². The van der Waals surface area contributed by atoms with Crippen LogP contribution in [0, 0.1) is 0 Å². The summed E-state index contributed by atoms with van der Waals surface area (Å²) >= 11 is 0. The molecule has 0 aromatic carbocycles. The van der Waals surface area contributed by atoms with Gasteiger partial charge in [-0.15, -0.1) is 10.2 Å². The van der Waals surface area contributed by atoms with Crippen molar-refractivity contribution in [3.63, 3.8) is 0 Å². The Bertz CT molecular complexity index is 264. The summed E-state index contributed by atoms with van der Waals surface area (Å²) in [4.78, 5) is 0. The maximum absolute atomic E-state index is 9.65. The van der Waals surface area contributed by atoms with E-state index >= 15 is 0 Å². The summed E-state index contributed by atoms with van der Waals surface area (Å²) in [5.41, 5.74) is 5.34. The van der Waals surface area contributed by atoms with E-state index in [-0.39, 0.29) is 0 Å². The number of nitrogens with two attached hydrogens (primary N) is 1. The first-order valence-electron chi connectivity index (χ1n) is 4.54. The molecule has 6 heteroatoms. The van der Waals surface area contributed by atoms with Crippen LogP contribution in [0.25, 0.3) is 0 Å². The van der Waals surface area contributed by atoms with Gasteiger partial charge >= 0.3 is 0 Å². The fourth-order valence-corrected chi connectivity index (χ4v) is 1.17. The summed E-state index contributed by atoms with van der Waals surface area (Å²) in [6.07, 6.45) is 1.43. The zero-order valence-electron chi connectivity index (χ0n) is 8.26. The van der Waals surface area contributed by atoms with E-state index < -0.39 is 6.10 Å². The quantitative estimate of drug-likeness (QED) is 0.634. The van der Waals surface area contributed by atoms with Crippen molar-refractivity contribution in [2.45, 2.75) is 19.1 Å². The molecule has 6 nitrogen and oxygen atoms in total. The first kappa shape index (κ1) is 11.1. The molecule has 14 heavy (non-hydrogen) atoms. The second kappa shape index (κ2) is 5.69. The fraction of sp³-hybridized carbons (Fsp3) is 0.750. The average Bonchev–Trinajstić information content (AvgIpc) is 2.63. The number of rotatable bonds is 6. The lowest BCUT2D eigenvalue weighted by Crippen LogP contribution is -2.14. The van der Waals surface area contributed by atoms with Gasteiger partial charge in [-0.3, -0.25) is 0 Å². The second-order valence-electron chi connectivity index (χ2n) is 2.97. The Kier molecular flexibility index (Phi) is 4.51. The van der Waals surface area contributed by atoms with Gasteiger partial charge in [-0.05, 0) is 13.0 Å². The SMILES string of the molecule is COCCn1cnnc1[C@@H](O)CCN. The summed E-state index contributed by atoms with van der Waals surface area (Å²) in [7, 11) is 1.63. The van der Waals surface area contributed by atoms with Crippen LogP contribution in [0.15, 0.2) is 6.33 Å². The number of ether oxygens (including phenoxy) is 1. The molecule has 0 saturated heterocycles. The van der Waals surface area contributed by atoms with E-state index in [1.807, 2.05) is 0 Å². The zero-order chi connectivity index (χ0) is 10.4. The molecule has 0 aliphatic carbocycles. The van der Waals surface area contributed by atoms with Crippen LogP contribution in [0.5, 0.6) is 0 Å². The molecular weight excluding hydrogens is 184 g/mol. The van der Waals surface area contributed by atoms with Crippen molar-refractivity contribution in [3.05, 3.63) is 12.2 Å². The average molecular weight is 200 g/mol. The minimum Gasteiger partial charge on any atom is -0.385 e. The highest BCUT2D eigenvalue weighted by Gasteiger charge is 2.13. The number of nitrogens with zero attached hydrogens (tertiary/aromatic N) is 3. The minimum atomic E-state index is -0.639. The Morgan fingerprint density at radius 3 is 3.14 bits per heavy atom. The predicted octanol–water partition coefficient (Wildman–Crippen LogP) is -0.693. The van der Waals surface area contributed by atoms with Crippen LogP contribution < -0.4 is 5.73 Å². The van der Waals surface area contributed by atoms with E-state index in [1.165, 1.54) is 0 Å². The van der Waals surface area contributed by atoms with Gasteiger partial charge in [-0.2, -0.15) is 0 Å². The lowest BCUT2D eigenvalue weighted by atomic mass is 10.2. The van der Waals surface area contributed by atoms with E-state index in [9.17, 15) is 5.11 Å². The van der Waals surface area contributed by atoms with Gasteiger partial charge < -0.3 is 20.1 Å².